The summed E-state index contributed by atoms with van der Waals surface area (Å²) in [7, 11) is -1.07. The number of benzene rings is 1. The number of ether oxygens (including phenoxy) is 1. The highest BCUT2D eigenvalue weighted by Gasteiger charge is 2.29. The lowest BCUT2D eigenvalue weighted by molar-refractivity contribution is -0.129. The van der Waals surface area contributed by atoms with E-state index < -0.39 is 27.2 Å². The summed E-state index contributed by atoms with van der Waals surface area (Å²) in [5.41, 5.74) is -0.862. The molecule has 0 unspecified atom stereocenters. The van der Waals surface area contributed by atoms with Crippen molar-refractivity contribution in [2.45, 2.75) is 18.4 Å². The van der Waals surface area contributed by atoms with E-state index in [1.165, 1.54) is 60.2 Å². The molecule has 2 aromatic rings. The van der Waals surface area contributed by atoms with Crippen LogP contribution in [-0.4, -0.2) is 64.8 Å². The minimum atomic E-state index is -3.86. The van der Waals surface area contributed by atoms with Crippen LogP contribution in [0.4, 0.5) is 0 Å². The van der Waals surface area contributed by atoms with Gasteiger partial charge in [-0.05, 0) is 18.2 Å². The van der Waals surface area contributed by atoms with E-state index in [0.717, 1.165) is 4.57 Å². The van der Waals surface area contributed by atoms with E-state index in [2.05, 4.69) is 0 Å². The molecule has 0 spiro atoms. The molecule has 3 rings (SSSR count). The van der Waals surface area contributed by atoms with Crippen molar-refractivity contribution in [3.63, 3.8) is 0 Å². The Hall–Kier alpha value is -3.25. The van der Waals surface area contributed by atoms with E-state index in [4.69, 9.17) is 4.74 Å². The number of carbonyl (C=O) groups excluding carboxylic acids is 2. The molecule has 1 aliphatic rings. The Morgan fingerprint density at radius 1 is 1.00 bits per heavy atom. The number of piperazine rings is 1. The highest BCUT2D eigenvalue weighted by molar-refractivity contribution is 7.89. The molecule has 12 heteroatoms. The minimum Gasteiger partial charge on any atom is -0.456 e. The average Bonchev–Trinajstić information content (AvgIpc) is 2.79. The van der Waals surface area contributed by atoms with Gasteiger partial charge < -0.3 is 9.64 Å². The zero-order valence-electron chi connectivity index (χ0n) is 18.0. The summed E-state index contributed by atoms with van der Waals surface area (Å²) >= 11 is 0. The fraction of sp³-hybridized carbons (Fsp3) is 0.400. The summed E-state index contributed by atoms with van der Waals surface area (Å²) in [5.74, 6) is -0.905. The number of nitrogens with zero attached hydrogens (tertiary/aromatic N) is 4. The summed E-state index contributed by atoms with van der Waals surface area (Å²) in [4.78, 5) is 49.2. The molecule has 1 aromatic heterocycles. The highest BCUT2D eigenvalue weighted by Crippen LogP contribution is 2.19. The summed E-state index contributed by atoms with van der Waals surface area (Å²) in [6.45, 7) is 2.02. The third kappa shape index (κ3) is 4.65. The Morgan fingerprint density at radius 3 is 2.28 bits per heavy atom. The second kappa shape index (κ2) is 9.09. The van der Waals surface area contributed by atoms with Gasteiger partial charge in [0, 0.05) is 53.3 Å². The van der Waals surface area contributed by atoms with Crippen molar-refractivity contribution in [2.75, 3.05) is 26.2 Å². The van der Waals surface area contributed by atoms with Crippen LogP contribution in [0.3, 0.4) is 0 Å². The van der Waals surface area contributed by atoms with Crippen molar-refractivity contribution in [1.82, 2.24) is 18.3 Å². The molecule has 1 amide bonds. The zero-order chi connectivity index (χ0) is 23.6. The lowest BCUT2D eigenvalue weighted by Crippen LogP contribution is -2.49. The van der Waals surface area contributed by atoms with E-state index in [1.54, 1.807) is 4.90 Å². The molecule has 0 radical (unpaired) electrons. The van der Waals surface area contributed by atoms with Crippen molar-refractivity contribution in [3.8, 4) is 0 Å². The zero-order valence-corrected chi connectivity index (χ0v) is 18.8. The number of hydrogen-bond donors (Lipinski definition) is 0. The second-order valence-corrected chi connectivity index (χ2v) is 9.33. The first-order chi connectivity index (χ1) is 15.0. The quantitative estimate of drug-likeness (QED) is 0.535. The van der Waals surface area contributed by atoms with Gasteiger partial charge in [0.1, 0.15) is 6.61 Å². The fourth-order valence-electron chi connectivity index (χ4n) is 3.32. The van der Waals surface area contributed by atoms with E-state index in [1.807, 2.05) is 0 Å². The van der Waals surface area contributed by atoms with Crippen LogP contribution in [0.5, 0.6) is 0 Å². The average molecular weight is 465 g/mol. The first-order valence-electron chi connectivity index (χ1n) is 9.81. The fourth-order valence-corrected chi connectivity index (χ4v) is 4.78. The Kier molecular flexibility index (Phi) is 6.65. The number of esters is 1. The molecule has 0 saturated carbocycles. The Bertz CT molecular complexity index is 1270. The van der Waals surface area contributed by atoms with Crippen LogP contribution in [0, 0.1) is 0 Å². The maximum Gasteiger partial charge on any atom is 0.338 e. The molecule has 0 bridgehead atoms. The van der Waals surface area contributed by atoms with Crippen LogP contribution in [-0.2, 0) is 40.3 Å². The maximum atomic E-state index is 13.0. The molecule has 0 N–H and O–H groups in total. The van der Waals surface area contributed by atoms with Crippen LogP contribution in [0.1, 0.15) is 23.0 Å². The molecule has 0 aliphatic carbocycles. The van der Waals surface area contributed by atoms with Crippen LogP contribution in [0.2, 0.25) is 0 Å². The highest BCUT2D eigenvalue weighted by atomic mass is 32.2. The van der Waals surface area contributed by atoms with Crippen LogP contribution in [0.25, 0.3) is 0 Å². The molecule has 172 valence electrons. The molecule has 1 aromatic carbocycles. The standard InChI is InChI=1S/C20H24N4O7S/c1-14(25)23-7-9-24(10-8-23)32(29,30)17-6-4-5-15(11-17)19(27)31-13-16-12-18(26)22(3)20(28)21(16)2/h4-6,11-12H,7-10,13H2,1-3H3. The Labute approximate surface area is 184 Å². The Morgan fingerprint density at radius 2 is 1.66 bits per heavy atom. The lowest BCUT2D eigenvalue weighted by atomic mass is 10.2. The summed E-state index contributed by atoms with van der Waals surface area (Å²) in [6.07, 6.45) is 0. The molecule has 11 nitrogen and oxygen atoms in total. The van der Waals surface area contributed by atoms with Crippen LogP contribution >= 0.6 is 0 Å². The summed E-state index contributed by atoms with van der Waals surface area (Å²) in [5, 5.41) is 0. The predicted octanol–water partition coefficient (Wildman–Crippen LogP) is -0.706. The van der Waals surface area contributed by atoms with E-state index >= 15 is 0 Å². The van der Waals surface area contributed by atoms with Gasteiger partial charge >= 0.3 is 11.7 Å². The molecular formula is C20H24N4O7S. The van der Waals surface area contributed by atoms with Gasteiger partial charge in [0.05, 0.1) is 16.2 Å². The SMILES string of the molecule is CC(=O)N1CCN(S(=O)(=O)c2cccc(C(=O)OCc3cc(=O)n(C)c(=O)n3C)c2)CC1. The normalized spacial score (nSPS) is 14.9. The van der Waals surface area contributed by atoms with Crippen LogP contribution < -0.4 is 11.2 Å². The second-order valence-electron chi connectivity index (χ2n) is 7.39. The van der Waals surface area contributed by atoms with Gasteiger partial charge in [-0.1, -0.05) is 6.07 Å². The monoisotopic (exact) mass is 464 g/mol. The van der Waals surface area contributed by atoms with E-state index in [-0.39, 0.29) is 41.8 Å². The first-order valence-corrected chi connectivity index (χ1v) is 11.2. The maximum absolute atomic E-state index is 13.0. The third-order valence-corrected chi connectivity index (χ3v) is 7.26. The van der Waals surface area contributed by atoms with Gasteiger partial charge in [0.2, 0.25) is 15.9 Å². The Balaban J connectivity index is 1.75. The molecule has 1 saturated heterocycles. The van der Waals surface area contributed by atoms with E-state index in [9.17, 15) is 27.6 Å². The minimum absolute atomic E-state index is 0.0160. The number of aromatic nitrogens is 2. The predicted molar refractivity (Wildman–Crippen MR) is 113 cm³/mol. The van der Waals surface area contributed by atoms with Gasteiger partial charge in [-0.25, -0.2) is 18.0 Å². The van der Waals surface area contributed by atoms with E-state index in [0.29, 0.717) is 13.1 Å². The molecule has 32 heavy (non-hydrogen) atoms. The van der Waals surface area contributed by atoms with Crippen molar-refractivity contribution in [2.24, 2.45) is 14.1 Å². The molecule has 0 atom stereocenters. The largest absolute Gasteiger partial charge is 0.456 e. The summed E-state index contributed by atoms with van der Waals surface area (Å²) in [6, 6.07) is 6.64. The number of hydrogen-bond acceptors (Lipinski definition) is 7. The number of carbonyl (C=O) groups is 2. The van der Waals surface area contributed by atoms with Crippen molar-refractivity contribution in [3.05, 3.63) is 62.4 Å². The molecular weight excluding hydrogens is 440 g/mol. The van der Waals surface area contributed by atoms with Gasteiger partial charge in [-0.15, -0.1) is 0 Å². The molecule has 1 aliphatic heterocycles. The lowest BCUT2D eigenvalue weighted by Gasteiger charge is -2.33. The number of sulfonamides is 1. The van der Waals surface area contributed by atoms with Gasteiger partial charge in [-0.3, -0.25) is 18.7 Å². The van der Waals surface area contributed by atoms with Gasteiger partial charge in [0.25, 0.3) is 5.56 Å². The van der Waals surface area contributed by atoms with Crippen molar-refractivity contribution < 1.29 is 22.7 Å². The molecule has 1 fully saturated rings. The van der Waals surface area contributed by atoms with Crippen molar-refractivity contribution in [1.29, 1.82) is 0 Å². The number of amides is 1. The molecule has 2 heterocycles. The smallest absolute Gasteiger partial charge is 0.338 e. The van der Waals surface area contributed by atoms with Crippen LogP contribution in [0.15, 0.2) is 44.8 Å². The third-order valence-electron chi connectivity index (χ3n) is 5.37. The first kappa shape index (κ1) is 23.4. The van der Waals surface area contributed by atoms with Gasteiger partial charge in [-0.2, -0.15) is 4.31 Å². The van der Waals surface area contributed by atoms with Gasteiger partial charge in [0.15, 0.2) is 0 Å². The summed E-state index contributed by atoms with van der Waals surface area (Å²) < 4.78 is 34.5. The van der Waals surface area contributed by atoms with Crippen molar-refractivity contribution >= 4 is 21.9 Å². The number of rotatable bonds is 5. The topological polar surface area (TPSA) is 128 Å².